The molecule has 0 spiro atoms. The molecule has 5 N–H and O–H groups in total. The van der Waals surface area contributed by atoms with Gasteiger partial charge in [0.2, 0.25) is 0 Å². The summed E-state index contributed by atoms with van der Waals surface area (Å²) in [5, 5.41) is 43.0. The van der Waals surface area contributed by atoms with Crippen LogP contribution in [0, 0.1) is 0 Å². The van der Waals surface area contributed by atoms with Gasteiger partial charge in [-0.3, -0.25) is 4.89 Å². The largest absolute Gasteiger partial charge is 1.00 e. The van der Waals surface area contributed by atoms with E-state index in [-0.39, 0.29) is 37.4 Å². The van der Waals surface area contributed by atoms with Gasteiger partial charge in [0.15, 0.2) is 6.10 Å². The Bertz CT molecular complexity index is 170. The SMILES string of the molecule is O=C(OO)C(O)C(O)C(O)CCO.[H-].[Na+]. The molecule has 0 saturated carbocycles. The quantitative estimate of drug-likeness (QED) is 0.178. The number of hydrogen-bond donors (Lipinski definition) is 5. The van der Waals surface area contributed by atoms with E-state index in [1.165, 1.54) is 0 Å². The Hall–Kier alpha value is 0.270. The van der Waals surface area contributed by atoms with Crippen molar-refractivity contribution in [2.45, 2.75) is 24.7 Å². The van der Waals surface area contributed by atoms with Gasteiger partial charge in [-0.2, -0.15) is 5.26 Å². The molecule has 0 radical (unpaired) electrons. The molecule has 0 amide bonds. The molecular formula is C6H13NaO7. The van der Waals surface area contributed by atoms with Gasteiger partial charge in [-0.25, -0.2) is 4.79 Å². The van der Waals surface area contributed by atoms with E-state index in [2.05, 4.69) is 4.89 Å². The Balaban J connectivity index is -0.000000720. The number of aliphatic hydroxyl groups excluding tert-OH is 4. The smallest absolute Gasteiger partial charge is 1.00 e. The van der Waals surface area contributed by atoms with Crippen LogP contribution in [-0.4, -0.2) is 56.6 Å². The van der Waals surface area contributed by atoms with Gasteiger partial charge in [0, 0.05) is 6.61 Å². The molecule has 0 saturated heterocycles. The summed E-state index contributed by atoms with van der Waals surface area (Å²) in [5.41, 5.74) is 0. The number of hydrogen-bond acceptors (Lipinski definition) is 7. The monoisotopic (exact) mass is 220 g/mol. The molecule has 0 fully saturated rings. The molecule has 3 atom stereocenters. The van der Waals surface area contributed by atoms with Crippen molar-refractivity contribution in [2.24, 2.45) is 0 Å². The molecular weight excluding hydrogens is 207 g/mol. The average Bonchev–Trinajstić information content (AvgIpc) is 2.14. The van der Waals surface area contributed by atoms with Crippen LogP contribution in [0.15, 0.2) is 0 Å². The molecule has 3 unspecified atom stereocenters. The molecule has 0 aromatic carbocycles. The summed E-state index contributed by atoms with van der Waals surface area (Å²) in [5.74, 6) is -1.47. The Morgan fingerprint density at radius 2 is 1.86 bits per heavy atom. The van der Waals surface area contributed by atoms with Crippen LogP contribution >= 0.6 is 0 Å². The van der Waals surface area contributed by atoms with Gasteiger partial charge >= 0.3 is 35.5 Å². The number of aliphatic hydroxyl groups is 4. The maximum atomic E-state index is 10.4. The zero-order valence-corrected chi connectivity index (χ0v) is 9.70. The van der Waals surface area contributed by atoms with Crippen molar-refractivity contribution in [1.29, 1.82) is 0 Å². The molecule has 0 aliphatic heterocycles. The van der Waals surface area contributed by atoms with E-state index in [1.54, 1.807) is 0 Å². The second-order valence-electron chi connectivity index (χ2n) is 2.43. The van der Waals surface area contributed by atoms with Gasteiger partial charge in [0.05, 0.1) is 6.10 Å². The summed E-state index contributed by atoms with van der Waals surface area (Å²) in [4.78, 5) is 13.5. The minimum Gasteiger partial charge on any atom is -1.00 e. The molecule has 80 valence electrons. The van der Waals surface area contributed by atoms with Crippen LogP contribution in [-0.2, 0) is 9.68 Å². The van der Waals surface area contributed by atoms with Crippen LogP contribution in [0.4, 0.5) is 0 Å². The Kier molecular flexibility index (Phi) is 10.2. The predicted molar refractivity (Wildman–Crippen MR) is 39.6 cm³/mol. The van der Waals surface area contributed by atoms with Gasteiger partial charge in [-0.15, -0.1) is 0 Å². The molecule has 0 aromatic heterocycles. The van der Waals surface area contributed by atoms with Crippen molar-refractivity contribution < 1.29 is 66.3 Å². The van der Waals surface area contributed by atoms with Crippen molar-refractivity contribution in [3.8, 4) is 0 Å². The molecule has 0 rings (SSSR count). The summed E-state index contributed by atoms with van der Waals surface area (Å²) in [6.07, 6.45) is -5.49. The van der Waals surface area contributed by atoms with Gasteiger partial charge < -0.3 is 21.9 Å². The first-order chi connectivity index (χ1) is 6.04. The Labute approximate surface area is 104 Å². The van der Waals surface area contributed by atoms with Crippen LogP contribution in [0.5, 0.6) is 0 Å². The van der Waals surface area contributed by atoms with Gasteiger partial charge in [-0.05, 0) is 6.42 Å². The normalized spacial score (nSPS) is 16.4. The standard InChI is InChI=1S/C6H12O7.Na.H/c7-2-1-3(8)4(9)5(10)6(11)13-12;;/h3-5,7-10,12H,1-2H2;;/q;+1;-1. The summed E-state index contributed by atoms with van der Waals surface area (Å²) in [6, 6.07) is 0. The first-order valence-electron chi connectivity index (χ1n) is 3.55. The summed E-state index contributed by atoms with van der Waals surface area (Å²) >= 11 is 0. The Morgan fingerprint density at radius 1 is 1.36 bits per heavy atom. The fourth-order valence-corrected chi connectivity index (χ4v) is 0.707. The average molecular weight is 220 g/mol. The van der Waals surface area contributed by atoms with Crippen molar-refractivity contribution in [3.63, 3.8) is 0 Å². The summed E-state index contributed by atoms with van der Waals surface area (Å²) in [6.45, 7) is -0.404. The Morgan fingerprint density at radius 3 is 2.21 bits per heavy atom. The molecule has 0 heterocycles. The second kappa shape index (κ2) is 8.57. The van der Waals surface area contributed by atoms with Gasteiger partial charge in [0.1, 0.15) is 6.10 Å². The summed E-state index contributed by atoms with van der Waals surface area (Å²) in [7, 11) is 0. The van der Waals surface area contributed by atoms with Crippen molar-refractivity contribution in [1.82, 2.24) is 0 Å². The molecule has 0 bridgehead atoms. The molecule has 7 nitrogen and oxygen atoms in total. The number of rotatable bonds is 5. The number of carbonyl (C=O) groups is 1. The third-order valence-electron chi connectivity index (χ3n) is 1.47. The van der Waals surface area contributed by atoms with Crippen molar-refractivity contribution in [2.75, 3.05) is 6.61 Å². The van der Waals surface area contributed by atoms with Gasteiger partial charge in [-0.1, -0.05) is 0 Å². The molecule has 0 aromatic rings. The van der Waals surface area contributed by atoms with E-state index >= 15 is 0 Å². The van der Waals surface area contributed by atoms with Crippen LogP contribution in [0.1, 0.15) is 7.85 Å². The fraction of sp³-hybridized carbons (Fsp3) is 0.833. The zero-order valence-electron chi connectivity index (χ0n) is 8.70. The maximum Gasteiger partial charge on any atom is 1.00 e. The van der Waals surface area contributed by atoms with Crippen molar-refractivity contribution in [3.05, 3.63) is 0 Å². The zero-order chi connectivity index (χ0) is 10.4. The van der Waals surface area contributed by atoms with E-state index in [0.29, 0.717) is 0 Å². The minimum absolute atomic E-state index is 0. The third-order valence-corrected chi connectivity index (χ3v) is 1.47. The topological polar surface area (TPSA) is 127 Å². The summed E-state index contributed by atoms with van der Waals surface area (Å²) < 4.78 is 0. The molecule has 14 heavy (non-hydrogen) atoms. The first-order valence-corrected chi connectivity index (χ1v) is 3.55. The van der Waals surface area contributed by atoms with Crippen LogP contribution < -0.4 is 29.6 Å². The number of carbonyl (C=O) groups excluding carboxylic acids is 1. The molecule has 8 heteroatoms. The first kappa shape index (κ1) is 16.7. The van der Waals surface area contributed by atoms with Crippen molar-refractivity contribution >= 4 is 5.97 Å². The van der Waals surface area contributed by atoms with E-state index in [4.69, 9.17) is 25.7 Å². The van der Waals surface area contributed by atoms with Crippen LogP contribution in [0.25, 0.3) is 0 Å². The molecule has 0 aliphatic rings. The predicted octanol–water partition coefficient (Wildman–Crippen LogP) is -5.42. The molecule has 0 aliphatic carbocycles. The van der Waals surface area contributed by atoms with Gasteiger partial charge in [0.25, 0.3) is 0 Å². The fourth-order valence-electron chi connectivity index (χ4n) is 0.707. The van der Waals surface area contributed by atoms with E-state index in [0.717, 1.165) is 0 Å². The minimum atomic E-state index is -2.04. The maximum absolute atomic E-state index is 10.4. The second-order valence-corrected chi connectivity index (χ2v) is 2.43. The van der Waals surface area contributed by atoms with Crippen LogP contribution in [0.3, 0.4) is 0 Å². The van der Waals surface area contributed by atoms with E-state index in [9.17, 15) is 4.79 Å². The third kappa shape index (κ3) is 5.23. The van der Waals surface area contributed by atoms with E-state index < -0.39 is 30.9 Å². The van der Waals surface area contributed by atoms with Crippen LogP contribution in [0.2, 0.25) is 0 Å². The van der Waals surface area contributed by atoms with E-state index in [1.807, 2.05) is 0 Å².